The van der Waals surface area contributed by atoms with Gasteiger partial charge < -0.3 is 4.74 Å². The van der Waals surface area contributed by atoms with E-state index < -0.39 is 11.9 Å². The highest BCUT2D eigenvalue weighted by molar-refractivity contribution is 5.67. The van der Waals surface area contributed by atoms with E-state index in [0.29, 0.717) is 0 Å². The highest BCUT2D eigenvalue weighted by Gasteiger charge is 2.28. The third-order valence-electron chi connectivity index (χ3n) is 0.789. The van der Waals surface area contributed by atoms with Crippen LogP contribution in [0, 0.1) is 0 Å². The highest BCUT2D eigenvalue weighted by atomic mass is 16.6. The molecule has 0 radical (unpaired) electrons. The van der Waals surface area contributed by atoms with Crippen molar-refractivity contribution in [3.05, 3.63) is 0 Å². The Hall–Kier alpha value is -1.30. The van der Waals surface area contributed by atoms with Crippen LogP contribution >= 0.6 is 0 Å². The Morgan fingerprint density at radius 1 is 1.80 bits per heavy atom. The van der Waals surface area contributed by atoms with Gasteiger partial charge in [-0.1, -0.05) is 5.11 Å². The smallest absolute Gasteiger partial charge is 0.383 e. The number of carbonyl (C=O) groups is 1. The first kappa shape index (κ1) is 6.81. The van der Waals surface area contributed by atoms with Gasteiger partial charge in [-0.05, 0) is 0 Å². The molecule has 6 heteroatoms. The molecule has 0 spiro atoms. The maximum absolute atomic E-state index is 10.3. The van der Waals surface area contributed by atoms with Gasteiger partial charge in [0.05, 0.1) is 0 Å². The van der Waals surface area contributed by atoms with E-state index in [1.807, 2.05) is 0 Å². The van der Waals surface area contributed by atoms with E-state index in [4.69, 9.17) is 5.73 Å². The summed E-state index contributed by atoms with van der Waals surface area (Å²) in [5.41, 5.74) is 5.26. The molecule has 1 unspecified atom stereocenters. The van der Waals surface area contributed by atoms with E-state index in [2.05, 4.69) is 20.0 Å². The third-order valence-corrected chi connectivity index (χ3v) is 0.789. The minimum absolute atomic E-state index is 0.541. The first-order valence-corrected chi connectivity index (χ1v) is 2.56. The lowest BCUT2D eigenvalue weighted by molar-refractivity contribution is -0.154. The standard InChI is InChI=1S/C4H6N4O2/c1-3(9)10-4(5)6-2-7-8-4/h2H,5H2,1H3. The molecule has 6 nitrogen and oxygen atoms in total. The molecule has 0 aromatic carbocycles. The number of nitrogens with zero attached hydrogens (tertiary/aromatic N) is 3. The van der Waals surface area contributed by atoms with Gasteiger partial charge in [-0.3, -0.25) is 10.5 Å². The van der Waals surface area contributed by atoms with Gasteiger partial charge in [0, 0.05) is 6.92 Å². The average molecular weight is 142 g/mol. The van der Waals surface area contributed by atoms with Crippen molar-refractivity contribution >= 4 is 12.3 Å². The molecular weight excluding hydrogens is 136 g/mol. The third kappa shape index (κ3) is 1.35. The second-order valence-corrected chi connectivity index (χ2v) is 1.71. The molecule has 1 aliphatic rings. The summed E-state index contributed by atoms with van der Waals surface area (Å²) < 4.78 is 4.48. The van der Waals surface area contributed by atoms with Gasteiger partial charge in [-0.2, -0.15) is 4.99 Å². The van der Waals surface area contributed by atoms with Gasteiger partial charge in [-0.25, -0.2) is 0 Å². The van der Waals surface area contributed by atoms with Crippen LogP contribution in [0.2, 0.25) is 0 Å². The van der Waals surface area contributed by atoms with E-state index in [1.54, 1.807) is 0 Å². The molecular formula is C4H6N4O2. The number of hydrogen-bond donors (Lipinski definition) is 1. The lowest BCUT2D eigenvalue weighted by Gasteiger charge is -2.13. The Labute approximate surface area is 56.8 Å². The maximum Gasteiger partial charge on any atom is 0.383 e. The Balaban J connectivity index is 2.62. The molecule has 0 aromatic rings. The Morgan fingerprint density at radius 2 is 2.50 bits per heavy atom. The van der Waals surface area contributed by atoms with Crippen molar-refractivity contribution in [3.63, 3.8) is 0 Å². The SMILES string of the molecule is CC(=O)OC1(N)N=CN=N1. The van der Waals surface area contributed by atoms with Crippen LogP contribution in [0.3, 0.4) is 0 Å². The van der Waals surface area contributed by atoms with Crippen molar-refractivity contribution in [1.29, 1.82) is 0 Å². The summed E-state index contributed by atoms with van der Waals surface area (Å²) in [5.74, 6) is -2.15. The number of ether oxygens (including phenoxy) is 1. The Bertz CT molecular complexity index is 197. The molecule has 0 fully saturated rings. The summed E-state index contributed by atoms with van der Waals surface area (Å²) >= 11 is 0. The zero-order valence-corrected chi connectivity index (χ0v) is 5.31. The molecule has 54 valence electrons. The molecule has 0 saturated heterocycles. The van der Waals surface area contributed by atoms with Gasteiger partial charge in [0.1, 0.15) is 6.34 Å². The van der Waals surface area contributed by atoms with E-state index >= 15 is 0 Å². The summed E-state index contributed by atoms with van der Waals surface area (Å²) in [6, 6.07) is 0. The number of nitrogens with two attached hydrogens (primary N) is 1. The number of carbonyl (C=O) groups excluding carboxylic acids is 1. The van der Waals surface area contributed by atoms with Crippen LogP contribution in [-0.4, -0.2) is 18.3 Å². The number of esters is 1. The van der Waals surface area contributed by atoms with E-state index in [-0.39, 0.29) is 0 Å². The number of hydrogen-bond acceptors (Lipinski definition) is 6. The molecule has 1 heterocycles. The molecule has 0 aromatic heterocycles. The van der Waals surface area contributed by atoms with Crippen LogP contribution in [0.1, 0.15) is 6.92 Å². The predicted octanol–water partition coefficient (Wildman–Crippen LogP) is -0.386. The highest BCUT2D eigenvalue weighted by Crippen LogP contribution is 2.11. The first-order valence-electron chi connectivity index (χ1n) is 2.56. The van der Waals surface area contributed by atoms with Gasteiger partial charge >= 0.3 is 11.9 Å². The van der Waals surface area contributed by atoms with Crippen LogP contribution in [0.25, 0.3) is 0 Å². The number of rotatable bonds is 1. The van der Waals surface area contributed by atoms with Crippen molar-refractivity contribution in [1.82, 2.24) is 0 Å². The second-order valence-electron chi connectivity index (χ2n) is 1.71. The van der Waals surface area contributed by atoms with Crippen LogP contribution in [0.15, 0.2) is 15.2 Å². The number of azo groups is 1. The molecule has 10 heavy (non-hydrogen) atoms. The van der Waals surface area contributed by atoms with Crippen LogP contribution in [-0.2, 0) is 9.53 Å². The largest absolute Gasteiger partial charge is 0.402 e. The molecule has 1 atom stereocenters. The number of aliphatic imine (C=N–C) groups is 1. The van der Waals surface area contributed by atoms with Gasteiger partial charge in [-0.15, -0.1) is 5.11 Å². The fraction of sp³-hybridized carbons (Fsp3) is 0.500. The monoisotopic (exact) mass is 142 g/mol. The summed E-state index contributed by atoms with van der Waals surface area (Å²) in [6.07, 6.45) is 1.13. The van der Waals surface area contributed by atoms with Crippen molar-refractivity contribution in [2.45, 2.75) is 12.9 Å². The van der Waals surface area contributed by atoms with Crippen molar-refractivity contribution in [2.75, 3.05) is 0 Å². The molecule has 0 saturated carbocycles. The van der Waals surface area contributed by atoms with E-state index in [9.17, 15) is 4.79 Å². The van der Waals surface area contributed by atoms with Crippen LogP contribution in [0.4, 0.5) is 0 Å². The fourth-order valence-corrected chi connectivity index (χ4v) is 0.501. The van der Waals surface area contributed by atoms with Crippen LogP contribution < -0.4 is 5.73 Å². The van der Waals surface area contributed by atoms with Crippen molar-refractivity contribution in [3.8, 4) is 0 Å². The minimum atomic E-state index is -1.61. The molecule has 0 aliphatic carbocycles. The Kier molecular flexibility index (Phi) is 1.46. The summed E-state index contributed by atoms with van der Waals surface area (Å²) in [7, 11) is 0. The lowest BCUT2D eigenvalue weighted by Crippen LogP contribution is -2.38. The molecule has 1 rings (SSSR count). The molecule has 0 amide bonds. The summed E-state index contributed by atoms with van der Waals surface area (Å²) in [4.78, 5) is 13.8. The minimum Gasteiger partial charge on any atom is -0.402 e. The Morgan fingerprint density at radius 3 is 2.90 bits per heavy atom. The average Bonchev–Trinajstić information content (AvgIpc) is 2.12. The molecule has 2 N–H and O–H groups in total. The van der Waals surface area contributed by atoms with Crippen molar-refractivity contribution < 1.29 is 9.53 Å². The van der Waals surface area contributed by atoms with Gasteiger partial charge in [0.25, 0.3) is 0 Å². The first-order chi connectivity index (χ1) is 4.62. The van der Waals surface area contributed by atoms with Crippen LogP contribution in [0.5, 0.6) is 0 Å². The normalized spacial score (nSPS) is 29.0. The molecule has 1 aliphatic heterocycles. The second kappa shape index (κ2) is 2.14. The fourth-order valence-electron chi connectivity index (χ4n) is 0.501. The van der Waals surface area contributed by atoms with Gasteiger partial charge in [0.15, 0.2) is 0 Å². The molecule has 0 bridgehead atoms. The van der Waals surface area contributed by atoms with Gasteiger partial charge in [0.2, 0.25) is 0 Å². The summed E-state index contributed by atoms with van der Waals surface area (Å²) in [5, 5.41) is 6.67. The quantitative estimate of drug-likeness (QED) is 0.399. The summed E-state index contributed by atoms with van der Waals surface area (Å²) in [6.45, 7) is 1.22. The van der Waals surface area contributed by atoms with Crippen molar-refractivity contribution in [2.24, 2.45) is 21.0 Å². The zero-order chi connectivity index (χ0) is 7.61. The predicted molar refractivity (Wildman–Crippen MR) is 32.0 cm³/mol. The van der Waals surface area contributed by atoms with E-state index in [0.717, 1.165) is 6.34 Å². The lowest BCUT2D eigenvalue weighted by atomic mass is 10.7. The zero-order valence-electron chi connectivity index (χ0n) is 5.31. The van der Waals surface area contributed by atoms with E-state index in [1.165, 1.54) is 6.92 Å². The topological polar surface area (TPSA) is 89.4 Å². The maximum atomic E-state index is 10.3.